The summed E-state index contributed by atoms with van der Waals surface area (Å²) in [5.41, 5.74) is 20.5. The minimum Gasteiger partial charge on any atom is -0.309 e. The highest BCUT2D eigenvalue weighted by Gasteiger charge is 2.49. The molecular weight excluding hydrogens is 759 g/mol. The highest BCUT2D eigenvalue weighted by atomic mass is 15.1. The van der Waals surface area contributed by atoms with E-state index in [0.29, 0.717) is 0 Å². The van der Waals surface area contributed by atoms with E-state index in [0.717, 1.165) is 11.4 Å². The number of rotatable bonds is 7. The van der Waals surface area contributed by atoms with Crippen molar-refractivity contribution in [3.05, 3.63) is 270 Å². The van der Waals surface area contributed by atoms with Crippen molar-refractivity contribution < 1.29 is 0 Å². The molecule has 10 aromatic carbocycles. The Labute approximate surface area is 370 Å². The predicted molar refractivity (Wildman–Crippen MR) is 264 cm³/mol. The Hall–Kier alpha value is -7.74. The van der Waals surface area contributed by atoms with E-state index in [1.165, 1.54) is 94.3 Å². The van der Waals surface area contributed by atoms with Crippen LogP contribution in [0.3, 0.4) is 0 Å². The van der Waals surface area contributed by atoms with Gasteiger partial charge in [-0.1, -0.05) is 226 Å². The lowest BCUT2D eigenvalue weighted by Gasteiger charge is -2.36. The van der Waals surface area contributed by atoms with Crippen molar-refractivity contribution in [2.75, 3.05) is 4.90 Å². The minimum absolute atomic E-state index is 0.170. The average Bonchev–Trinajstić information content (AvgIpc) is 3.79. The summed E-state index contributed by atoms with van der Waals surface area (Å²) in [5, 5.41) is 2.44. The normalized spacial score (nSPS) is 13.8. The molecule has 10 aromatic rings. The fourth-order valence-corrected chi connectivity index (χ4v) is 11.2. The third kappa shape index (κ3) is 5.49. The number of anilines is 3. The zero-order chi connectivity index (χ0) is 42.1. The summed E-state index contributed by atoms with van der Waals surface area (Å²) in [5.74, 6) is 0. The lowest BCUT2D eigenvalue weighted by atomic mass is 9.66. The third-order valence-electron chi connectivity index (χ3n) is 13.9. The second kappa shape index (κ2) is 14.4. The van der Waals surface area contributed by atoms with Crippen molar-refractivity contribution >= 4 is 27.8 Å². The van der Waals surface area contributed by atoms with Crippen LogP contribution < -0.4 is 4.90 Å². The summed E-state index contributed by atoms with van der Waals surface area (Å²) in [6.45, 7) is 4.76. The lowest BCUT2D eigenvalue weighted by Crippen LogP contribution is -2.29. The molecule has 0 radical (unpaired) electrons. The van der Waals surface area contributed by atoms with Crippen molar-refractivity contribution in [3.63, 3.8) is 0 Å². The van der Waals surface area contributed by atoms with E-state index in [9.17, 15) is 0 Å². The second-order valence-corrected chi connectivity index (χ2v) is 17.6. The molecule has 2 aliphatic carbocycles. The molecule has 298 valence electrons. The first-order valence-corrected chi connectivity index (χ1v) is 22.1. The van der Waals surface area contributed by atoms with Crippen LogP contribution in [0.15, 0.2) is 237 Å². The van der Waals surface area contributed by atoms with Gasteiger partial charge < -0.3 is 4.90 Å². The van der Waals surface area contributed by atoms with Gasteiger partial charge in [0.2, 0.25) is 0 Å². The van der Waals surface area contributed by atoms with E-state index in [4.69, 9.17) is 0 Å². The molecule has 0 heterocycles. The monoisotopic (exact) mass is 803 g/mol. The maximum absolute atomic E-state index is 2.56. The van der Waals surface area contributed by atoms with Gasteiger partial charge in [-0.05, 0) is 102 Å². The maximum Gasteiger partial charge on any atom is 0.0719 e. The summed E-state index contributed by atoms with van der Waals surface area (Å²) < 4.78 is 0. The van der Waals surface area contributed by atoms with Gasteiger partial charge in [-0.25, -0.2) is 0 Å². The smallest absolute Gasteiger partial charge is 0.0719 e. The quantitative estimate of drug-likeness (QED) is 0.155. The van der Waals surface area contributed by atoms with Crippen LogP contribution in [0.25, 0.3) is 55.3 Å². The molecular formula is C62H45N. The van der Waals surface area contributed by atoms with Crippen molar-refractivity contribution in [1.82, 2.24) is 0 Å². The van der Waals surface area contributed by atoms with Crippen molar-refractivity contribution in [3.8, 4) is 44.5 Å². The largest absolute Gasteiger partial charge is 0.309 e. The van der Waals surface area contributed by atoms with E-state index >= 15 is 0 Å². The van der Waals surface area contributed by atoms with Gasteiger partial charge in [0, 0.05) is 27.7 Å². The third-order valence-corrected chi connectivity index (χ3v) is 13.9. The van der Waals surface area contributed by atoms with Crippen LogP contribution in [0, 0.1) is 0 Å². The molecule has 63 heavy (non-hydrogen) atoms. The molecule has 0 aromatic heterocycles. The Morgan fingerprint density at radius 1 is 0.333 bits per heavy atom. The molecule has 0 spiro atoms. The number of benzene rings is 10. The van der Waals surface area contributed by atoms with E-state index in [2.05, 4.69) is 255 Å². The molecule has 12 rings (SSSR count). The molecule has 0 amide bonds. The molecule has 0 aliphatic heterocycles. The second-order valence-electron chi connectivity index (χ2n) is 17.6. The Morgan fingerprint density at radius 2 is 0.810 bits per heavy atom. The van der Waals surface area contributed by atoms with Gasteiger partial charge in [-0.15, -0.1) is 0 Å². The van der Waals surface area contributed by atoms with Crippen molar-refractivity contribution in [2.24, 2.45) is 0 Å². The molecule has 0 saturated carbocycles. The zero-order valence-corrected chi connectivity index (χ0v) is 35.5. The number of hydrogen-bond acceptors (Lipinski definition) is 1. The zero-order valence-electron chi connectivity index (χ0n) is 35.5. The average molecular weight is 804 g/mol. The first-order chi connectivity index (χ1) is 31.0. The van der Waals surface area contributed by atoms with Gasteiger partial charge in [0.1, 0.15) is 0 Å². The van der Waals surface area contributed by atoms with E-state index in [1.807, 2.05) is 0 Å². The molecule has 0 bridgehead atoms. The Kier molecular flexibility index (Phi) is 8.49. The highest BCUT2D eigenvalue weighted by molar-refractivity contribution is 6.17. The number of nitrogens with zero attached hydrogens (tertiary/aromatic N) is 1. The van der Waals surface area contributed by atoms with E-state index in [1.54, 1.807) is 0 Å². The fraction of sp³-hybridized carbons (Fsp3) is 0.0645. The summed E-state index contributed by atoms with van der Waals surface area (Å²) in [6.07, 6.45) is 0. The first-order valence-electron chi connectivity index (χ1n) is 22.1. The van der Waals surface area contributed by atoms with Gasteiger partial charge in [-0.3, -0.25) is 0 Å². The first kappa shape index (κ1) is 37.1. The van der Waals surface area contributed by atoms with Crippen LogP contribution in [-0.2, 0) is 10.8 Å². The van der Waals surface area contributed by atoms with Crippen LogP contribution in [0.4, 0.5) is 17.1 Å². The van der Waals surface area contributed by atoms with Crippen LogP contribution in [0.5, 0.6) is 0 Å². The number of hydrogen-bond donors (Lipinski definition) is 0. The SMILES string of the molecule is CC1(C)c2ccccc2-c2ccc(N(c3ccc(-c4ccccc4)cc3)c3c(-c4ccccc4)c4c(c5ccccc35)C(c3ccccc3)(c3ccccc3)c3ccccc3-4)cc21. The van der Waals surface area contributed by atoms with Crippen molar-refractivity contribution in [1.29, 1.82) is 0 Å². The summed E-state index contributed by atoms with van der Waals surface area (Å²) >= 11 is 0. The van der Waals surface area contributed by atoms with E-state index in [-0.39, 0.29) is 5.41 Å². The summed E-state index contributed by atoms with van der Waals surface area (Å²) in [4.78, 5) is 2.56. The highest BCUT2D eigenvalue weighted by Crippen LogP contribution is 2.63. The van der Waals surface area contributed by atoms with E-state index < -0.39 is 5.41 Å². The summed E-state index contributed by atoms with van der Waals surface area (Å²) in [7, 11) is 0. The van der Waals surface area contributed by atoms with Gasteiger partial charge in [0.15, 0.2) is 0 Å². The molecule has 1 nitrogen and oxygen atoms in total. The van der Waals surface area contributed by atoms with Crippen LogP contribution in [0.2, 0.25) is 0 Å². The standard InChI is InChI=1S/C62H45N/c1-61(2)54-33-19-17-29-49(54)50-40-39-48(41-56(50)61)63(47-37-35-43(36-38-47)42-21-7-3-8-22-42)60-52-31-16-15-30-51(52)59-58(57(60)44-23-9-4-10-24-44)53-32-18-20-34-55(53)62(59,45-25-11-5-12-26-45)46-27-13-6-14-28-46/h3-41H,1-2H3. The Morgan fingerprint density at radius 3 is 1.46 bits per heavy atom. The molecule has 0 N–H and O–H groups in total. The molecule has 0 unspecified atom stereocenters. The molecule has 0 fully saturated rings. The number of fused-ring (bicyclic) bond motifs is 8. The predicted octanol–water partition coefficient (Wildman–Crippen LogP) is 16.3. The summed E-state index contributed by atoms with van der Waals surface area (Å²) in [6, 6.07) is 87.9. The lowest BCUT2D eigenvalue weighted by molar-refractivity contribution is 0.660. The maximum atomic E-state index is 2.56. The van der Waals surface area contributed by atoms with Crippen LogP contribution >= 0.6 is 0 Å². The van der Waals surface area contributed by atoms with Gasteiger partial charge in [-0.2, -0.15) is 0 Å². The van der Waals surface area contributed by atoms with Crippen LogP contribution in [0.1, 0.15) is 47.2 Å². The van der Waals surface area contributed by atoms with Gasteiger partial charge in [0.25, 0.3) is 0 Å². The van der Waals surface area contributed by atoms with Crippen LogP contribution in [-0.4, -0.2) is 0 Å². The Bertz CT molecular complexity index is 3290. The molecule has 1 heteroatoms. The van der Waals surface area contributed by atoms with Gasteiger partial charge in [0.05, 0.1) is 11.1 Å². The van der Waals surface area contributed by atoms with Gasteiger partial charge >= 0.3 is 0 Å². The van der Waals surface area contributed by atoms with Crippen molar-refractivity contribution in [2.45, 2.75) is 24.7 Å². The molecule has 2 aliphatic rings. The topological polar surface area (TPSA) is 3.24 Å². The Balaban J connectivity index is 1.24. The molecule has 0 atom stereocenters. The molecule has 0 saturated heterocycles. The fourth-order valence-electron chi connectivity index (χ4n) is 11.2. The minimum atomic E-state index is -0.582.